The molecule has 0 saturated carbocycles. The number of anilines is 3. The number of hydrogen-bond acceptors (Lipinski definition) is 9. The topological polar surface area (TPSA) is 114 Å². The second-order valence-electron chi connectivity index (χ2n) is 8.64. The first-order valence-electron chi connectivity index (χ1n) is 11.4. The van der Waals surface area contributed by atoms with Crippen molar-refractivity contribution in [3.05, 3.63) is 60.1 Å². The number of aromatic nitrogens is 4. The predicted octanol–water partition coefficient (Wildman–Crippen LogP) is 4.25. The fraction of sp³-hybridized carbons (Fsp3) is 0.333. The summed E-state index contributed by atoms with van der Waals surface area (Å²) in [7, 11) is -3.51. The van der Waals surface area contributed by atoms with Crippen LogP contribution in [0.1, 0.15) is 36.8 Å². The summed E-state index contributed by atoms with van der Waals surface area (Å²) in [5.41, 5.74) is 3.30. The highest BCUT2D eigenvalue weighted by Gasteiger charge is 2.26. The molecule has 0 unspecified atom stereocenters. The average Bonchev–Trinajstić information content (AvgIpc) is 3.30. The Morgan fingerprint density at radius 1 is 1.14 bits per heavy atom. The Balaban J connectivity index is 1.34. The van der Waals surface area contributed by atoms with Crippen LogP contribution in [-0.4, -0.2) is 47.7 Å². The molecule has 5 rings (SSSR count). The van der Waals surface area contributed by atoms with Gasteiger partial charge in [0.25, 0.3) is 0 Å². The highest BCUT2D eigenvalue weighted by Crippen LogP contribution is 2.36. The summed E-state index contributed by atoms with van der Waals surface area (Å²) in [6.45, 7) is 3.71. The van der Waals surface area contributed by atoms with Crippen LogP contribution in [0.3, 0.4) is 0 Å². The Kier molecular flexibility index (Phi) is 6.10. The van der Waals surface area contributed by atoms with Crippen molar-refractivity contribution in [1.82, 2.24) is 19.9 Å². The number of fused-ring (bicyclic) bond motifs is 1. The van der Waals surface area contributed by atoms with Gasteiger partial charge in [-0.15, -0.1) is 0 Å². The van der Waals surface area contributed by atoms with Crippen LogP contribution in [0.25, 0.3) is 11.1 Å². The predicted molar refractivity (Wildman–Crippen MR) is 130 cm³/mol. The Labute approximate surface area is 202 Å². The zero-order valence-corrected chi connectivity index (χ0v) is 20.2. The fourth-order valence-electron chi connectivity index (χ4n) is 4.29. The van der Waals surface area contributed by atoms with Gasteiger partial charge in [-0.2, -0.15) is 0 Å². The Morgan fingerprint density at radius 2 is 1.89 bits per heavy atom. The highest BCUT2D eigenvalue weighted by atomic mass is 32.2. The number of nitrogens with one attached hydrogen (secondary N) is 1. The van der Waals surface area contributed by atoms with E-state index in [-0.39, 0.29) is 16.5 Å². The minimum atomic E-state index is -3.51. The second kappa shape index (κ2) is 9.21. The van der Waals surface area contributed by atoms with E-state index >= 15 is 0 Å². The number of hydrogen-bond donors (Lipinski definition) is 1. The van der Waals surface area contributed by atoms with Gasteiger partial charge in [0.15, 0.2) is 21.2 Å². The van der Waals surface area contributed by atoms with Crippen molar-refractivity contribution in [2.24, 2.45) is 0 Å². The number of benzene rings is 1. The van der Waals surface area contributed by atoms with E-state index in [0.717, 1.165) is 61.7 Å². The molecule has 4 aromatic rings. The van der Waals surface area contributed by atoms with Crippen LogP contribution >= 0.6 is 0 Å². The van der Waals surface area contributed by atoms with E-state index in [4.69, 9.17) is 4.42 Å². The molecule has 0 atom stereocenters. The lowest BCUT2D eigenvalue weighted by atomic mass is 9.90. The first-order valence-corrected chi connectivity index (χ1v) is 13.3. The number of nitrogens with zero attached hydrogens (tertiary/aromatic N) is 5. The summed E-state index contributed by atoms with van der Waals surface area (Å²) < 4.78 is 43.7. The molecule has 9 nitrogen and oxygen atoms in total. The van der Waals surface area contributed by atoms with Gasteiger partial charge in [0, 0.05) is 37.3 Å². The largest absolute Gasteiger partial charge is 0.458 e. The van der Waals surface area contributed by atoms with Gasteiger partial charge in [-0.05, 0) is 48.9 Å². The van der Waals surface area contributed by atoms with Crippen LogP contribution in [0, 0.1) is 5.82 Å². The highest BCUT2D eigenvalue weighted by molar-refractivity contribution is 7.90. The summed E-state index contributed by atoms with van der Waals surface area (Å²) in [5.74, 6) is 0.605. The number of piperidine rings is 1. The van der Waals surface area contributed by atoms with Crippen LogP contribution in [-0.2, 0) is 16.3 Å². The number of aryl methyl sites for hydroxylation is 1. The van der Waals surface area contributed by atoms with Gasteiger partial charge in [0.05, 0.1) is 16.8 Å². The standard InChI is InChI=1S/C24H25FN6O3S/c1-3-15-11-26-24(27-12-15)31-8-6-16(7-9-31)18-13-34-22-21(18)28-14-29-23(22)30-20-5-4-17(10-19(20)25)35(2,32)33/h4-5,10-14,16H,3,6-9H2,1-2H3,(H,28,29,30). The molecule has 0 radical (unpaired) electrons. The molecule has 0 amide bonds. The third-order valence-corrected chi connectivity index (χ3v) is 7.43. The second-order valence-corrected chi connectivity index (χ2v) is 10.7. The molecule has 182 valence electrons. The van der Waals surface area contributed by atoms with Crippen molar-refractivity contribution < 1.29 is 17.2 Å². The van der Waals surface area contributed by atoms with Crippen LogP contribution in [0.5, 0.6) is 0 Å². The molecule has 1 saturated heterocycles. The number of furan rings is 1. The van der Waals surface area contributed by atoms with E-state index in [2.05, 4.69) is 37.1 Å². The van der Waals surface area contributed by atoms with Gasteiger partial charge in [-0.1, -0.05) is 6.92 Å². The first-order chi connectivity index (χ1) is 16.8. The normalized spacial score (nSPS) is 15.0. The van der Waals surface area contributed by atoms with E-state index < -0.39 is 15.7 Å². The number of halogens is 1. The molecule has 3 aromatic heterocycles. The number of sulfone groups is 1. The molecule has 0 bridgehead atoms. The fourth-order valence-corrected chi connectivity index (χ4v) is 4.92. The zero-order chi connectivity index (χ0) is 24.6. The van der Waals surface area contributed by atoms with E-state index in [9.17, 15) is 12.8 Å². The third kappa shape index (κ3) is 4.68. The van der Waals surface area contributed by atoms with Crippen molar-refractivity contribution in [1.29, 1.82) is 0 Å². The lowest BCUT2D eigenvalue weighted by Gasteiger charge is -2.31. The smallest absolute Gasteiger partial charge is 0.225 e. The molecular weight excluding hydrogens is 471 g/mol. The first kappa shape index (κ1) is 23.2. The van der Waals surface area contributed by atoms with Crippen LogP contribution in [0.15, 0.2) is 52.5 Å². The SMILES string of the molecule is CCc1cnc(N2CCC(c3coc4c(Nc5ccc(S(C)(=O)=O)cc5F)ncnc34)CC2)nc1. The minimum Gasteiger partial charge on any atom is -0.458 e. The number of rotatable bonds is 6. The quantitative estimate of drug-likeness (QED) is 0.418. The molecule has 1 fully saturated rings. The van der Waals surface area contributed by atoms with Crippen molar-refractivity contribution >= 4 is 38.4 Å². The van der Waals surface area contributed by atoms with E-state index in [1.54, 1.807) is 6.26 Å². The maximum absolute atomic E-state index is 14.6. The summed E-state index contributed by atoms with van der Waals surface area (Å²) in [4.78, 5) is 19.7. The van der Waals surface area contributed by atoms with Crippen LogP contribution < -0.4 is 10.2 Å². The monoisotopic (exact) mass is 496 g/mol. The van der Waals surface area contributed by atoms with Crippen molar-refractivity contribution in [2.75, 3.05) is 29.6 Å². The van der Waals surface area contributed by atoms with Crippen molar-refractivity contribution in [3.8, 4) is 0 Å². The van der Waals surface area contributed by atoms with Crippen molar-refractivity contribution in [3.63, 3.8) is 0 Å². The molecule has 1 aromatic carbocycles. The minimum absolute atomic E-state index is 0.0910. The van der Waals surface area contributed by atoms with Gasteiger partial charge < -0.3 is 14.6 Å². The maximum Gasteiger partial charge on any atom is 0.225 e. The molecule has 35 heavy (non-hydrogen) atoms. The summed E-state index contributed by atoms with van der Waals surface area (Å²) in [6.07, 6.45) is 10.6. The molecular formula is C24H25FN6O3S. The van der Waals surface area contributed by atoms with Gasteiger partial charge in [0.2, 0.25) is 5.95 Å². The average molecular weight is 497 g/mol. The van der Waals surface area contributed by atoms with Gasteiger partial charge in [-0.25, -0.2) is 32.7 Å². The molecule has 0 spiro atoms. The zero-order valence-electron chi connectivity index (χ0n) is 19.4. The van der Waals surface area contributed by atoms with Crippen LogP contribution in [0.2, 0.25) is 0 Å². The summed E-state index contributed by atoms with van der Waals surface area (Å²) >= 11 is 0. The molecule has 1 aliphatic rings. The van der Waals surface area contributed by atoms with E-state index in [0.29, 0.717) is 16.9 Å². The Hall–Kier alpha value is -3.60. The lowest BCUT2D eigenvalue weighted by molar-refractivity contribution is 0.493. The lowest BCUT2D eigenvalue weighted by Crippen LogP contribution is -2.34. The van der Waals surface area contributed by atoms with Gasteiger partial charge in [-0.3, -0.25) is 0 Å². The molecule has 1 aliphatic heterocycles. The molecule has 0 aliphatic carbocycles. The van der Waals surface area contributed by atoms with E-state index in [1.807, 2.05) is 12.4 Å². The van der Waals surface area contributed by atoms with Crippen molar-refractivity contribution in [2.45, 2.75) is 37.0 Å². The molecule has 11 heteroatoms. The summed E-state index contributed by atoms with van der Waals surface area (Å²) in [5, 5.41) is 2.91. The van der Waals surface area contributed by atoms with E-state index in [1.165, 1.54) is 18.5 Å². The van der Waals surface area contributed by atoms with Gasteiger partial charge >= 0.3 is 0 Å². The maximum atomic E-state index is 14.6. The molecule has 4 heterocycles. The van der Waals surface area contributed by atoms with Crippen LogP contribution in [0.4, 0.5) is 21.8 Å². The third-order valence-electron chi connectivity index (χ3n) is 6.32. The Bertz CT molecular complexity index is 1460. The van der Waals surface area contributed by atoms with Gasteiger partial charge in [0.1, 0.15) is 17.7 Å². The Morgan fingerprint density at radius 3 is 2.54 bits per heavy atom. The summed E-state index contributed by atoms with van der Waals surface area (Å²) in [6, 6.07) is 3.70. The molecule has 1 N–H and O–H groups in total.